The van der Waals surface area contributed by atoms with Gasteiger partial charge in [0.05, 0.1) is 7.11 Å². The maximum Gasteiger partial charge on any atom is 0.408 e. The number of halogens is 2. The Labute approximate surface area is 153 Å². The number of hydrogen-bond acceptors (Lipinski definition) is 4. The van der Waals surface area contributed by atoms with Crippen LogP contribution in [-0.4, -0.2) is 25.2 Å². The molecule has 0 aromatic heterocycles. The molecule has 132 valence electrons. The van der Waals surface area contributed by atoms with E-state index in [1.807, 2.05) is 30.3 Å². The third-order valence-electron chi connectivity index (χ3n) is 3.43. The van der Waals surface area contributed by atoms with E-state index >= 15 is 0 Å². The fourth-order valence-electron chi connectivity index (χ4n) is 2.15. The fraction of sp³-hybridized carbons (Fsp3) is 0.222. The molecule has 25 heavy (non-hydrogen) atoms. The van der Waals surface area contributed by atoms with E-state index in [1.165, 1.54) is 19.2 Å². The Bertz CT molecular complexity index is 739. The molecule has 0 aliphatic carbocycles. The van der Waals surface area contributed by atoms with Gasteiger partial charge in [-0.2, -0.15) is 0 Å². The van der Waals surface area contributed by atoms with Gasteiger partial charge in [-0.3, -0.25) is 0 Å². The molecule has 1 atom stereocenters. The first kappa shape index (κ1) is 18.9. The standard InChI is InChI=1S/C18H17BrFNO4/c1-24-17(22)16(9-13-7-8-14(19)10-15(13)20)21-18(23)25-11-12-5-3-2-4-6-12/h2-8,10,16H,9,11H2,1H3,(H,21,23)/t16-/m0/s1. The Balaban J connectivity index is 1.99. The molecule has 0 heterocycles. The SMILES string of the molecule is COC(=O)[C@H](Cc1ccc(Br)cc1F)NC(=O)OCc1ccccc1. The average molecular weight is 410 g/mol. The molecule has 0 fully saturated rings. The molecule has 7 heteroatoms. The number of carbonyl (C=O) groups excluding carboxylic acids is 2. The smallest absolute Gasteiger partial charge is 0.408 e. The summed E-state index contributed by atoms with van der Waals surface area (Å²) < 4.78 is 24.3. The van der Waals surface area contributed by atoms with Gasteiger partial charge in [0.25, 0.3) is 0 Å². The van der Waals surface area contributed by atoms with Crippen LogP contribution in [0.5, 0.6) is 0 Å². The summed E-state index contributed by atoms with van der Waals surface area (Å²) in [5, 5.41) is 2.41. The van der Waals surface area contributed by atoms with Gasteiger partial charge in [-0.25, -0.2) is 14.0 Å². The van der Waals surface area contributed by atoms with Crippen LogP contribution in [0.3, 0.4) is 0 Å². The molecule has 0 spiro atoms. The van der Waals surface area contributed by atoms with Gasteiger partial charge in [0, 0.05) is 10.9 Å². The molecule has 2 rings (SSSR count). The molecule has 5 nitrogen and oxygen atoms in total. The van der Waals surface area contributed by atoms with Crippen LogP contribution < -0.4 is 5.32 Å². The van der Waals surface area contributed by atoms with E-state index in [4.69, 9.17) is 4.74 Å². The average Bonchev–Trinajstić information content (AvgIpc) is 2.61. The summed E-state index contributed by atoms with van der Waals surface area (Å²) in [5.41, 5.74) is 1.09. The molecule has 0 aliphatic rings. The number of hydrogen-bond donors (Lipinski definition) is 1. The van der Waals surface area contributed by atoms with Gasteiger partial charge in [-0.15, -0.1) is 0 Å². The lowest BCUT2D eigenvalue weighted by atomic mass is 10.1. The molecular formula is C18H17BrFNO4. The van der Waals surface area contributed by atoms with E-state index in [9.17, 15) is 14.0 Å². The van der Waals surface area contributed by atoms with Crippen molar-refractivity contribution in [2.24, 2.45) is 0 Å². The van der Waals surface area contributed by atoms with Crippen LogP contribution in [0.2, 0.25) is 0 Å². The Morgan fingerprint density at radius 1 is 1.20 bits per heavy atom. The van der Waals surface area contributed by atoms with Crippen molar-refractivity contribution in [2.45, 2.75) is 19.1 Å². The van der Waals surface area contributed by atoms with E-state index in [-0.39, 0.29) is 18.6 Å². The molecule has 2 aromatic carbocycles. The number of ether oxygens (including phenoxy) is 2. The highest BCUT2D eigenvalue weighted by molar-refractivity contribution is 9.10. The van der Waals surface area contributed by atoms with Gasteiger partial charge in [0.1, 0.15) is 18.5 Å². The highest BCUT2D eigenvalue weighted by Crippen LogP contribution is 2.17. The minimum Gasteiger partial charge on any atom is -0.467 e. The van der Waals surface area contributed by atoms with Crippen LogP contribution in [-0.2, 0) is 27.3 Å². The maximum absolute atomic E-state index is 14.0. The van der Waals surface area contributed by atoms with E-state index in [2.05, 4.69) is 26.0 Å². The molecule has 0 unspecified atom stereocenters. The van der Waals surface area contributed by atoms with E-state index in [1.54, 1.807) is 6.07 Å². The summed E-state index contributed by atoms with van der Waals surface area (Å²) in [4.78, 5) is 23.8. The molecule has 0 bridgehead atoms. The normalized spacial score (nSPS) is 11.5. The second kappa shape index (κ2) is 9.17. The quantitative estimate of drug-likeness (QED) is 0.740. The van der Waals surface area contributed by atoms with Crippen LogP contribution in [0.4, 0.5) is 9.18 Å². The number of carbonyl (C=O) groups is 2. The first-order valence-corrected chi connectivity index (χ1v) is 8.28. The number of esters is 1. The van der Waals surface area contributed by atoms with Crippen molar-refractivity contribution in [1.82, 2.24) is 5.32 Å². The summed E-state index contributed by atoms with van der Waals surface area (Å²) in [6.07, 6.45) is -0.830. The van der Waals surface area contributed by atoms with Crippen LogP contribution in [0.15, 0.2) is 53.0 Å². The monoisotopic (exact) mass is 409 g/mol. The largest absolute Gasteiger partial charge is 0.467 e. The van der Waals surface area contributed by atoms with Gasteiger partial charge in [0.2, 0.25) is 0 Å². The third kappa shape index (κ3) is 5.86. The first-order valence-electron chi connectivity index (χ1n) is 7.48. The summed E-state index contributed by atoms with van der Waals surface area (Å²) in [5.74, 6) is -1.17. The van der Waals surface area contributed by atoms with Gasteiger partial charge >= 0.3 is 12.1 Å². The lowest BCUT2D eigenvalue weighted by Gasteiger charge is -2.17. The number of rotatable bonds is 6. The van der Waals surface area contributed by atoms with Crippen LogP contribution in [0, 0.1) is 5.82 Å². The minimum absolute atomic E-state index is 0.0494. The van der Waals surface area contributed by atoms with Crippen molar-refractivity contribution in [3.63, 3.8) is 0 Å². The van der Waals surface area contributed by atoms with Crippen LogP contribution >= 0.6 is 15.9 Å². The van der Waals surface area contributed by atoms with Gasteiger partial charge < -0.3 is 14.8 Å². The Hall–Kier alpha value is -2.41. The predicted molar refractivity (Wildman–Crippen MR) is 93.4 cm³/mol. The molecule has 2 aromatic rings. The zero-order valence-corrected chi connectivity index (χ0v) is 15.1. The predicted octanol–water partition coefficient (Wildman–Crippen LogP) is 3.60. The van der Waals surface area contributed by atoms with Crippen molar-refractivity contribution >= 4 is 28.0 Å². The second-order valence-electron chi connectivity index (χ2n) is 5.22. The van der Waals surface area contributed by atoms with E-state index < -0.39 is 23.9 Å². The molecule has 0 saturated heterocycles. The fourth-order valence-corrected chi connectivity index (χ4v) is 2.48. The minimum atomic E-state index is -1.05. The van der Waals surface area contributed by atoms with Gasteiger partial charge in [-0.1, -0.05) is 52.3 Å². The topological polar surface area (TPSA) is 64.6 Å². The molecular weight excluding hydrogens is 393 g/mol. The summed E-state index contributed by atoms with van der Waals surface area (Å²) >= 11 is 3.17. The second-order valence-corrected chi connectivity index (χ2v) is 6.14. The van der Waals surface area contributed by atoms with Crippen molar-refractivity contribution in [3.05, 3.63) is 69.9 Å². The van der Waals surface area contributed by atoms with Crippen LogP contribution in [0.25, 0.3) is 0 Å². The number of benzene rings is 2. The highest BCUT2D eigenvalue weighted by Gasteiger charge is 2.24. The Kier molecular flexibility index (Phi) is 6.94. The Morgan fingerprint density at radius 2 is 1.92 bits per heavy atom. The molecule has 0 radical (unpaired) electrons. The zero-order chi connectivity index (χ0) is 18.2. The van der Waals surface area contributed by atoms with Crippen molar-refractivity contribution in [3.8, 4) is 0 Å². The molecule has 1 N–H and O–H groups in total. The first-order chi connectivity index (χ1) is 12.0. The van der Waals surface area contributed by atoms with Crippen molar-refractivity contribution in [2.75, 3.05) is 7.11 Å². The maximum atomic E-state index is 14.0. The summed E-state index contributed by atoms with van der Waals surface area (Å²) in [7, 11) is 1.20. The number of amides is 1. The molecule has 0 saturated carbocycles. The van der Waals surface area contributed by atoms with Crippen LogP contribution in [0.1, 0.15) is 11.1 Å². The van der Waals surface area contributed by atoms with Crippen molar-refractivity contribution < 1.29 is 23.5 Å². The summed E-state index contributed by atoms with van der Waals surface area (Å²) in [6, 6.07) is 12.5. The number of nitrogens with one attached hydrogen (secondary N) is 1. The third-order valence-corrected chi connectivity index (χ3v) is 3.92. The lowest BCUT2D eigenvalue weighted by molar-refractivity contribution is -0.143. The van der Waals surface area contributed by atoms with Gasteiger partial charge in [0.15, 0.2) is 0 Å². The highest BCUT2D eigenvalue weighted by atomic mass is 79.9. The summed E-state index contributed by atoms with van der Waals surface area (Å²) in [6.45, 7) is 0.0627. The zero-order valence-electron chi connectivity index (χ0n) is 13.5. The van der Waals surface area contributed by atoms with E-state index in [0.717, 1.165) is 5.56 Å². The molecule has 0 aliphatic heterocycles. The lowest BCUT2D eigenvalue weighted by Crippen LogP contribution is -2.43. The molecule has 1 amide bonds. The van der Waals surface area contributed by atoms with Crippen molar-refractivity contribution in [1.29, 1.82) is 0 Å². The number of alkyl carbamates (subject to hydrolysis) is 1. The van der Waals surface area contributed by atoms with Gasteiger partial charge in [-0.05, 0) is 23.3 Å². The number of methoxy groups -OCH3 is 1. The van der Waals surface area contributed by atoms with E-state index in [0.29, 0.717) is 4.47 Å². The Morgan fingerprint density at radius 3 is 2.56 bits per heavy atom.